The molecule has 1 aliphatic heterocycles. The molecule has 0 saturated carbocycles. The van der Waals surface area contributed by atoms with E-state index in [0.29, 0.717) is 19.4 Å². The third-order valence-electron chi connectivity index (χ3n) is 3.42. The Hall–Kier alpha value is -1.29. The lowest BCUT2D eigenvalue weighted by molar-refractivity contribution is -0.130. The molecule has 2 atom stereocenters. The smallest absolute Gasteiger partial charge is 0.223 e. The molecular formula is C13H19NO3. The van der Waals surface area contributed by atoms with E-state index in [1.165, 1.54) is 0 Å². The van der Waals surface area contributed by atoms with Gasteiger partial charge in [0.05, 0.1) is 12.4 Å². The van der Waals surface area contributed by atoms with Crippen LogP contribution in [-0.2, 0) is 11.2 Å². The summed E-state index contributed by atoms with van der Waals surface area (Å²) in [5.74, 6) is 1.25. The van der Waals surface area contributed by atoms with Crippen LogP contribution in [0.5, 0.6) is 0 Å². The number of carbonyl (C=O) groups is 1. The average molecular weight is 237 g/mol. The predicted octanol–water partition coefficient (Wildman–Crippen LogP) is 1.44. The molecule has 4 nitrogen and oxygen atoms in total. The van der Waals surface area contributed by atoms with Crippen LogP contribution in [0.15, 0.2) is 22.8 Å². The normalized spacial score (nSPS) is 21.8. The lowest BCUT2D eigenvalue weighted by atomic mass is 10.0. The number of aliphatic hydroxyl groups excluding tert-OH is 1. The van der Waals surface area contributed by atoms with Crippen LogP contribution in [0.3, 0.4) is 0 Å². The molecule has 1 aromatic heterocycles. The van der Waals surface area contributed by atoms with Crippen LogP contribution in [0.25, 0.3) is 0 Å². The highest BCUT2D eigenvalue weighted by atomic mass is 16.3. The van der Waals surface area contributed by atoms with E-state index in [-0.39, 0.29) is 17.9 Å². The Balaban J connectivity index is 1.77. The van der Waals surface area contributed by atoms with Gasteiger partial charge in [-0.2, -0.15) is 0 Å². The molecule has 1 aromatic rings. The third kappa shape index (κ3) is 3.09. The van der Waals surface area contributed by atoms with Gasteiger partial charge in [-0.25, -0.2) is 0 Å². The molecule has 2 unspecified atom stereocenters. The van der Waals surface area contributed by atoms with Crippen molar-refractivity contribution in [1.29, 1.82) is 0 Å². The average Bonchev–Trinajstić information content (AvgIpc) is 2.96. The van der Waals surface area contributed by atoms with Crippen molar-refractivity contribution in [3.8, 4) is 0 Å². The predicted molar refractivity (Wildman–Crippen MR) is 63.4 cm³/mol. The van der Waals surface area contributed by atoms with E-state index in [0.717, 1.165) is 18.7 Å². The zero-order chi connectivity index (χ0) is 12.3. The molecule has 94 valence electrons. The first-order valence-electron chi connectivity index (χ1n) is 6.15. The fourth-order valence-electron chi connectivity index (χ4n) is 2.25. The second-order valence-corrected chi connectivity index (χ2v) is 4.71. The van der Waals surface area contributed by atoms with Crippen molar-refractivity contribution in [2.75, 3.05) is 13.1 Å². The highest BCUT2D eigenvalue weighted by molar-refractivity contribution is 5.76. The van der Waals surface area contributed by atoms with E-state index in [4.69, 9.17) is 4.42 Å². The molecule has 2 heterocycles. The fourth-order valence-corrected chi connectivity index (χ4v) is 2.25. The number of carbonyl (C=O) groups excluding carboxylic acids is 1. The summed E-state index contributed by atoms with van der Waals surface area (Å²) in [7, 11) is 0. The van der Waals surface area contributed by atoms with Crippen molar-refractivity contribution in [3.63, 3.8) is 0 Å². The SMILES string of the molecule is CC(O)C1CCN(C(=O)CCc2ccco2)C1. The molecule has 17 heavy (non-hydrogen) atoms. The fraction of sp³-hybridized carbons (Fsp3) is 0.615. The second kappa shape index (κ2) is 5.36. The highest BCUT2D eigenvalue weighted by Crippen LogP contribution is 2.20. The maximum absolute atomic E-state index is 11.9. The van der Waals surface area contributed by atoms with Crippen LogP contribution in [0.1, 0.15) is 25.5 Å². The zero-order valence-corrected chi connectivity index (χ0v) is 10.1. The summed E-state index contributed by atoms with van der Waals surface area (Å²) in [5, 5.41) is 9.48. The molecule has 0 spiro atoms. The van der Waals surface area contributed by atoms with Crippen molar-refractivity contribution >= 4 is 5.91 Å². The third-order valence-corrected chi connectivity index (χ3v) is 3.42. The molecule has 1 N–H and O–H groups in total. The molecule has 2 rings (SSSR count). The van der Waals surface area contributed by atoms with Gasteiger partial charge in [0.25, 0.3) is 0 Å². The van der Waals surface area contributed by atoms with Crippen molar-refractivity contribution < 1.29 is 14.3 Å². The number of rotatable bonds is 4. The van der Waals surface area contributed by atoms with Crippen LogP contribution in [0.4, 0.5) is 0 Å². The quantitative estimate of drug-likeness (QED) is 0.862. The first-order chi connectivity index (χ1) is 8.16. The van der Waals surface area contributed by atoms with Gasteiger partial charge in [0.1, 0.15) is 5.76 Å². The molecule has 1 saturated heterocycles. The summed E-state index contributed by atoms with van der Waals surface area (Å²) in [6.45, 7) is 3.25. The minimum absolute atomic E-state index is 0.157. The van der Waals surface area contributed by atoms with Crippen LogP contribution in [0.2, 0.25) is 0 Å². The maximum Gasteiger partial charge on any atom is 0.223 e. The summed E-state index contributed by atoms with van der Waals surface area (Å²) in [6, 6.07) is 3.72. The van der Waals surface area contributed by atoms with Gasteiger partial charge < -0.3 is 14.4 Å². The number of furan rings is 1. The van der Waals surface area contributed by atoms with Gasteiger partial charge in [-0.05, 0) is 25.5 Å². The minimum Gasteiger partial charge on any atom is -0.469 e. The van der Waals surface area contributed by atoms with Gasteiger partial charge in [0.15, 0.2) is 0 Å². The van der Waals surface area contributed by atoms with Gasteiger partial charge in [-0.1, -0.05) is 0 Å². The Kier molecular flexibility index (Phi) is 3.84. The Morgan fingerprint density at radius 1 is 1.71 bits per heavy atom. The lowest BCUT2D eigenvalue weighted by Crippen LogP contribution is -2.30. The molecule has 4 heteroatoms. The minimum atomic E-state index is -0.321. The summed E-state index contributed by atoms with van der Waals surface area (Å²) >= 11 is 0. The van der Waals surface area contributed by atoms with E-state index in [1.807, 2.05) is 17.0 Å². The topological polar surface area (TPSA) is 53.7 Å². The number of amides is 1. The number of aliphatic hydroxyl groups is 1. The summed E-state index contributed by atoms with van der Waals surface area (Å²) in [6.07, 6.45) is 3.35. The molecule has 1 amide bonds. The number of hydrogen-bond donors (Lipinski definition) is 1. The first-order valence-corrected chi connectivity index (χ1v) is 6.15. The number of aryl methyl sites for hydroxylation is 1. The Morgan fingerprint density at radius 3 is 3.12 bits per heavy atom. The molecule has 1 fully saturated rings. The van der Waals surface area contributed by atoms with E-state index >= 15 is 0 Å². The van der Waals surface area contributed by atoms with E-state index in [1.54, 1.807) is 13.2 Å². The summed E-state index contributed by atoms with van der Waals surface area (Å²) in [5.41, 5.74) is 0. The van der Waals surface area contributed by atoms with Crippen LogP contribution < -0.4 is 0 Å². The van der Waals surface area contributed by atoms with E-state index in [2.05, 4.69) is 0 Å². The maximum atomic E-state index is 11.9. The molecule has 1 aliphatic rings. The Labute approximate surface area is 101 Å². The van der Waals surface area contributed by atoms with Gasteiger partial charge >= 0.3 is 0 Å². The standard InChI is InChI=1S/C13H19NO3/c1-10(15)11-6-7-14(9-11)13(16)5-4-12-3-2-8-17-12/h2-3,8,10-11,15H,4-7,9H2,1H3. The first kappa shape index (κ1) is 12.2. The van der Waals surface area contributed by atoms with Gasteiger partial charge in [0, 0.05) is 31.8 Å². The van der Waals surface area contributed by atoms with Gasteiger partial charge in [0.2, 0.25) is 5.91 Å². The molecule has 0 aliphatic carbocycles. The summed E-state index contributed by atoms with van der Waals surface area (Å²) < 4.78 is 5.20. The Bertz CT molecular complexity index is 359. The van der Waals surface area contributed by atoms with Crippen LogP contribution >= 0.6 is 0 Å². The van der Waals surface area contributed by atoms with E-state index < -0.39 is 0 Å². The molecule has 0 radical (unpaired) electrons. The Morgan fingerprint density at radius 2 is 2.53 bits per heavy atom. The van der Waals surface area contributed by atoms with Crippen molar-refractivity contribution in [1.82, 2.24) is 4.90 Å². The number of hydrogen-bond acceptors (Lipinski definition) is 3. The highest BCUT2D eigenvalue weighted by Gasteiger charge is 2.28. The monoisotopic (exact) mass is 237 g/mol. The molecule has 0 aromatic carbocycles. The number of nitrogens with zero attached hydrogens (tertiary/aromatic N) is 1. The molecular weight excluding hydrogens is 218 g/mol. The lowest BCUT2D eigenvalue weighted by Gasteiger charge is -2.17. The summed E-state index contributed by atoms with van der Waals surface area (Å²) in [4.78, 5) is 13.8. The van der Waals surface area contributed by atoms with Gasteiger partial charge in [-0.15, -0.1) is 0 Å². The van der Waals surface area contributed by atoms with Crippen molar-refractivity contribution in [2.24, 2.45) is 5.92 Å². The van der Waals surface area contributed by atoms with E-state index in [9.17, 15) is 9.90 Å². The van der Waals surface area contributed by atoms with Crippen molar-refractivity contribution in [3.05, 3.63) is 24.2 Å². The van der Waals surface area contributed by atoms with Crippen LogP contribution in [0, 0.1) is 5.92 Å². The second-order valence-electron chi connectivity index (χ2n) is 4.71. The van der Waals surface area contributed by atoms with Gasteiger partial charge in [-0.3, -0.25) is 4.79 Å². The zero-order valence-electron chi connectivity index (χ0n) is 10.1. The molecule has 0 bridgehead atoms. The van der Waals surface area contributed by atoms with Crippen LogP contribution in [-0.4, -0.2) is 35.1 Å². The largest absolute Gasteiger partial charge is 0.469 e. The number of likely N-dealkylation sites (tertiary alicyclic amines) is 1. The van der Waals surface area contributed by atoms with Crippen molar-refractivity contribution in [2.45, 2.75) is 32.3 Å².